The van der Waals surface area contributed by atoms with Crippen molar-refractivity contribution in [3.8, 4) is 6.07 Å². The quantitative estimate of drug-likeness (QED) is 0.592. The van der Waals surface area contributed by atoms with Crippen molar-refractivity contribution in [2.75, 3.05) is 11.4 Å². The molecule has 0 aliphatic carbocycles. The minimum atomic E-state index is -0.377. The third-order valence-corrected chi connectivity index (χ3v) is 2.57. The fraction of sp³-hybridized carbons (Fsp3) is 0.429. The first-order valence-electron chi connectivity index (χ1n) is 5.92. The summed E-state index contributed by atoms with van der Waals surface area (Å²) in [4.78, 5) is 12.9. The predicted octanol–water partition coefficient (Wildman–Crippen LogP) is 2.62. The number of hydrogen-bond donors (Lipinski definition) is 0. The molecule has 0 N–H and O–H groups in total. The lowest BCUT2D eigenvalue weighted by Gasteiger charge is -2.30. The van der Waals surface area contributed by atoms with Crippen molar-refractivity contribution in [3.63, 3.8) is 0 Å². The Morgan fingerprint density at radius 2 is 2.28 bits per heavy atom. The van der Waals surface area contributed by atoms with Crippen molar-refractivity contribution >= 4 is 11.7 Å². The van der Waals surface area contributed by atoms with Gasteiger partial charge >= 0.3 is 5.97 Å². The number of anilines is 1. The predicted molar refractivity (Wildman–Crippen MR) is 70.0 cm³/mol. The second-order valence-electron chi connectivity index (χ2n) is 4.15. The van der Waals surface area contributed by atoms with Crippen LogP contribution in [0.25, 0.3) is 0 Å². The van der Waals surface area contributed by atoms with Crippen LogP contribution in [0.5, 0.6) is 0 Å². The number of benzene rings is 1. The maximum Gasteiger partial charge on any atom is 0.304 e. The van der Waals surface area contributed by atoms with Crippen LogP contribution in [0.2, 0.25) is 0 Å². The molecule has 0 heterocycles. The molecule has 1 aromatic rings. The lowest BCUT2D eigenvalue weighted by Crippen LogP contribution is -2.37. The van der Waals surface area contributed by atoms with Gasteiger partial charge in [0.1, 0.15) is 0 Å². The van der Waals surface area contributed by atoms with E-state index in [4.69, 9.17) is 10.00 Å². The molecule has 4 nitrogen and oxygen atoms in total. The van der Waals surface area contributed by atoms with Crippen LogP contribution in [0.15, 0.2) is 24.3 Å². The van der Waals surface area contributed by atoms with Gasteiger partial charge in [-0.25, -0.2) is 0 Å². The second kappa shape index (κ2) is 6.65. The van der Waals surface area contributed by atoms with Crippen LogP contribution in [0.3, 0.4) is 0 Å². The van der Waals surface area contributed by atoms with Gasteiger partial charge in [0, 0.05) is 19.2 Å². The monoisotopic (exact) mass is 246 g/mol. The molecule has 1 rings (SSSR count). The largest absolute Gasteiger partial charge is 0.442 e. The highest BCUT2D eigenvalue weighted by molar-refractivity contribution is 5.66. The third kappa shape index (κ3) is 4.10. The fourth-order valence-corrected chi connectivity index (χ4v) is 1.80. The highest BCUT2D eigenvalue weighted by Gasteiger charge is 2.16. The summed E-state index contributed by atoms with van der Waals surface area (Å²) in [5.74, 6) is -0.322. The van der Waals surface area contributed by atoms with E-state index in [0.717, 1.165) is 11.3 Å². The Labute approximate surface area is 108 Å². The lowest BCUT2D eigenvalue weighted by atomic mass is 10.2. The number of nitrogens with zero attached hydrogens (tertiary/aromatic N) is 2. The molecule has 4 heteroatoms. The number of esters is 1. The molecule has 18 heavy (non-hydrogen) atoms. The van der Waals surface area contributed by atoms with Gasteiger partial charge in [-0.15, -0.1) is 0 Å². The van der Waals surface area contributed by atoms with Gasteiger partial charge in [0.2, 0.25) is 0 Å². The summed E-state index contributed by atoms with van der Waals surface area (Å²) in [5.41, 5.74) is 2.09. The van der Waals surface area contributed by atoms with E-state index in [2.05, 4.69) is 6.07 Å². The second-order valence-corrected chi connectivity index (χ2v) is 4.15. The van der Waals surface area contributed by atoms with Gasteiger partial charge in [-0.05, 0) is 31.5 Å². The zero-order chi connectivity index (χ0) is 13.5. The number of rotatable bonds is 5. The number of aryl methyl sites for hydroxylation is 1. The average molecular weight is 246 g/mol. The van der Waals surface area contributed by atoms with E-state index >= 15 is 0 Å². The summed E-state index contributed by atoms with van der Waals surface area (Å²) in [6.07, 6.45) is 0.0113. The molecule has 1 atom stereocenters. The van der Waals surface area contributed by atoms with E-state index in [-0.39, 0.29) is 12.2 Å². The Morgan fingerprint density at radius 1 is 1.56 bits per heavy atom. The van der Waals surface area contributed by atoms with Crippen LogP contribution in [-0.4, -0.2) is 18.7 Å². The molecule has 0 amide bonds. The molecule has 1 aromatic carbocycles. The molecule has 0 aliphatic heterocycles. The summed E-state index contributed by atoms with van der Waals surface area (Å²) in [7, 11) is 0. The van der Waals surface area contributed by atoms with Crippen LogP contribution < -0.4 is 4.90 Å². The van der Waals surface area contributed by atoms with E-state index in [0.29, 0.717) is 13.0 Å². The SMILES string of the molecule is CC(=O)OC(C)N(CCC#N)c1cccc(C)c1. The van der Waals surface area contributed by atoms with Crippen molar-refractivity contribution in [2.45, 2.75) is 33.4 Å². The van der Waals surface area contributed by atoms with Crippen LogP contribution in [0.1, 0.15) is 25.8 Å². The van der Waals surface area contributed by atoms with Gasteiger partial charge in [-0.3, -0.25) is 4.79 Å². The molecule has 1 unspecified atom stereocenters. The highest BCUT2D eigenvalue weighted by atomic mass is 16.6. The summed E-state index contributed by atoms with van der Waals surface area (Å²) in [5, 5.41) is 8.70. The van der Waals surface area contributed by atoms with Crippen LogP contribution in [-0.2, 0) is 9.53 Å². The first kappa shape index (κ1) is 14.0. The number of nitriles is 1. The van der Waals surface area contributed by atoms with Crippen molar-refractivity contribution in [2.24, 2.45) is 0 Å². The Hall–Kier alpha value is -2.02. The number of carbonyl (C=O) groups excluding carboxylic acids is 1. The van der Waals surface area contributed by atoms with E-state index in [1.54, 1.807) is 6.92 Å². The summed E-state index contributed by atoms with van der Waals surface area (Å²) >= 11 is 0. The Morgan fingerprint density at radius 3 is 2.83 bits per heavy atom. The first-order chi connectivity index (χ1) is 8.54. The Bertz CT molecular complexity index is 451. The molecular weight excluding hydrogens is 228 g/mol. The zero-order valence-electron chi connectivity index (χ0n) is 11.0. The van der Waals surface area contributed by atoms with Gasteiger partial charge in [0.25, 0.3) is 0 Å². The van der Waals surface area contributed by atoms with Crippen LogP contribution >= 0.6 is 0 Å². The molecule has 0 aromatic heterocycles. The minimum Gasteiger partial charge on any atom is -0.442 e. The van der Waals surface area contributed by atoms with Gasteiger partial charge < -0.3 is 9.64 Å². The Balaban J connectivity index is 2.90. The summed E-state index contributed by atoms with van der Waals surface area (Å²) in [6.45, 7) is 5.73. The maximum absolute atomic E-state index is 11.0. The fourth-order valence-electron chi connectivity index (χ4n) is 1.80. The van der Waals surface area contributed by atoms with Crippen molar-refractivity contribution < 1.29 is 9.53 Å². The average Bonchev–Trinajstić information content (AvgIpc) is 2.28. The molecule has 0 aliphatic rings. The number of ether oxygens (including phenoxy) is 1. The standard InChI is InChI=1S/C14H18N2O2/c1-11-6-4-7-14(10-11)16(9-5-8-15)12(2)18-13(3)17/h4,6-7,10,12H,5,9H2,1-3H3. The van der Waals surface area contributed by atoms with Crippen LogP contribution in [0, 0.1) is 18.3 Å². The van der Waals surface area contributed by atoms with E-state index in [9.17, 15) is 4.79 Å². The van der Waals surface area contributed by atoms with Crippen molar-refractivity contribution in [1.82, 2.24) is 0 Å². The van der Waals surface area contributed by atoms with E-state index in [1.165, 1.54) is 6.92 Å². The summed E-state index contributed by atoms with van der Waals surface area (Å²) in [6, 6.07) is 10.0. The van der Waals surface area contributed by atoms with Gasteiger partial charge in [0.15, 0.2) is 6.23 Å². The summed E-state index contributed by atoms with van der Waals surface area (Å²) < 4.78 is 5.18. The molecule has 0 radical (unpaired) electrons. The van der Waals surface area contributed by atoms with Gasteiger partial charge in [-0.1, -0.05) is 12.1 Å². The topological polar surface area (TPSA) is 53.3 Å². The molecule has 96 valence electrons. The molecule has 0 saturated carbocycles. The molecule has 0 saturated heterocycles. The minimum absolute atomic E-state index is 0.322. The number of hydrogen-bond acceptors (Lipinski definition) is 4. The molecule has 0 bridgehead atoms. The third-order valence-electron chi connectivity index (χ3n) is 2.57. The lowest BCUT2D eigenvalue weighted by molar-refractivity contribution is -0.145. The molecule has 0 spiro atoms. The van der Waals surface area contributed by atoms with Gasteiger partial charge in [0.05, 0.1) is 12.5 Å². The zero-order valence-corrected chi connectivity index (χ0v) is 11.0. The Kier molecular flexibility index (Phi) is 5.19. The first-order valence-corrected chi connectivity index (χ1v) is 5.92. The highest BCUT2D eigenvalue weighted by Crippen LogP contribution is 2.19. The van der Waals surface area contributed by atoms with E-state index in [1.807, 2.05) is 36.1 Å². The molecule has 0 fully saturated rings. The van der Waals surface area contributed by atoms with Crippen molar-refractivity contribution in [3.05, 3.63) is 29.8 Å². The molecular formula is C14H18N2O2. The number of carbonyl (C=O) groups is 1. The normalized spacial score (nSPS) is 11.4. The van der Waals surface area contributed by atoms with Gasteiger partial charge in [-0.2, -0.15) is 5.26 Å². The van der Waals surface area contributed by atoms with Crippen molar-refractivity contribution in [1.29, 1.82) is 5.26 Å². The van der Waals surface area contributed by atoms with Crippen LogP contribution in [0.4, 0.5) is 5.69 Å². The maximum atomic E-state index is 11.0. The van der Waals surface area contributed by atoms with E-state index < -0.39 is 0 Å². The smallest absolute Gasteiger partial charge is 0.304 e.